The molecule has 0 aromatic carbocycles. The summed E-state index contributed by atoms with van der Waals surface area (Å²) in [6.07, 6.45) is 4.35. The summed E-state index contributed by atoms with van der Waals surface area (Å²) < 4.78 is 19.5. The van der Waals surface area contributed by atoms with Crippen molar-refractivity contribution in [3.63, 3.8) is 0 Å². The Morgan fingerprint density at radius 2 is 1.90 bits per heavy atom. The molecule has 4 heterocycles. The summed E-state index contributed by atoms with van der Waals surface area (Å²) in [6, 6.07) is 7.27. The van der Waals surface area contributed by atoms with Gasteiger partial charge in [-0.05, 0) is 31.5 Å². The molecule has 2 saturated heterocycles. The summed E-state index contributed by atoms with van der Waals surface area (Å²) in [5.74, 6) is 1.87. The molecule has 0 amide bonds. The standard InChI is InChI=1S/C22H30FN7O/c1-2-24-22(28-18-7-10-30(16-18)21-19(23)6-4-9-26-21)27-15-17-5-3-8-25-20(17)29-11-13-31-14-12-29/h3-6,8-9,18H,2,7,10-16H2,1H3,(H2,24,27,28). The number of rotatable bonds is 6. The van der Waals surface area contributed by atoms with E-state index in [0.29, 0.717) is 18.9 Å². The summed E-state index contributed by atoms with van der Waals surface area (Å²) in [6.45, 7) is 7.91. The molecule has 0 radical (unpaired) electrons. The van der Waals surface area contributed by atoms with Crippen LogP contribution in [-0.2, 0) is 11.3 Å². The predicted molar refractivity (Wildman–Crippen MR) is 120 cm³/mol. The van der Waals surface area contributed by atoms with Gasteiger partial charge in [-0.3, -0.25) is 0 Å². The van der Waals surface area contributed by atoms with Crippen molar-refractivity contribution < 1.29 is 9.13 Å². The van der Waals surface area contributed by atoms with Gasteiger partial charge in [0.1, 0.15) is 5.82 Å². The molecule has 2 aliphatic rings. The smallest absolute Gasteiger partial charge is 0.191 e. The topological polar surface area (TPSA) is 77.9 Å². The minimum absolute atomic E-state index is 0.173. The number of morpholine rings is 1. The van der Waals surface area contributed by atoms with Gasteiger partial charge in [0.15, 0.2) is 17.6 Å². The van der Waals surface area contributed by atoms with Gasteiger partial charge in [0.2, 0.25) is 0 Å². The lowest BCUT2D eigenvalue weighted by atomic mass is 10.2. The average molecular weight is 428 g/mol. The first-order chi connectivity index (χ1) is 15.2. The van der Waals surface area contributed by atoms with E-state index in [2.05, 4.69) is 31.6 Å². The monoisotopic (exact) mass is 427 g/mol. The average Bonchev–Trinajstić information content (AvgIpc) is 3.27. The first-order valence-corrected chi connectivity index (χ1v) is 10.9. The Morgan fingerprint density at radius 3 is 2.68 bits per heavy atom. The molecule has 1 unspecified atom stereocenters. The molecule has 2 aliphatic heterocycles. The highest BCUT2D eigenvalue weighted by Gasteiger charge is 2.26. The van der Waals surface area contributed by atoms with Crippen LogP contribution in [0.25, 0.3) is 0 Å². The second-order valence-electron chi connectivity index (χ2n) is 7.67. The van der Waals surface area contributed by atoms with E-state index in [0.717, 1.165) is 63.2 Å². The molecule has 166 valence electrons. The molecule has 0 spiro atoms. The Bertz CT molecular complexity index is 888. The van der Waals surface area contributed by atoms with Gasteiger partial charge in [0.25, 0.3) is 0 Å². The van der Waals surface area contributed by atoms with Crippen molar-refractivity contribution in [1.82, 2.24) is 20.6 Å². The molecule has 2 N–H and O–H groups in total. The number of guanidine groups is 1. The largest absolute Gasteiger partial charge is 0.378 e. The van der Waals surface area contributed by atoms with Crippen LogP contribution in [0.2, 0.25) is 0 Å². The number of ether oxygens (including phenoxy) is 1. The second-order valence-corrected chi connectivity index (χ2v) is 7.67. The maximum absolute atomic E-state index is 14.1. The molecule has 8 nitrogen and oxygen atoms in total. The third-order valence-corrected chi connectivity index (χ3v) is 5.50. The Morgan fingerprint density at radius 1 is 1.13 bits per heavy atom. The Kier molecular flexibility index (Phi) is 7.14. The summed E-state index contributed by atoms with van der Waals surface area (Å²) >= 11 is 0. The van der Waals surface area contributed by atoms with E-state index in [9.17, 15) is 4.39 Å². The first-order valence-electron chi connectivity index (χ1n) is 10.9. The zero-order valence-electron chi connectivity index (χ0n) is 17.9. The fraction of sp³-hybridized carbons (Fsp3) is 0.500. The van der Waals surface area contributed by atoms with Gasteiger partial charge in [0, 0.05) is 56.7 Å². The Balaban J connectivity index is 1.41. The molecule has 2 fully saturated rings. The minimum Gasteiger partial charge on any atom is -0.378 e. The number of hydrogen-bond donors (Lipinski definition) is 2. The number of aromatic nitrogens is 2. The Labute approximate surface area is 182 Å². The lowest BCUT2D eigenvalue weighted by Gasteiger charge is -2.29. The molecular weight excluding hydrogens is 397 g/mol. The van der Waals surface area contributed by atoms with Crippen LogP contribution < -0.4 is 20.4 Å². The Hall–Kier alpha value is -2.94. The highest BCUT2D eigenvalue weighted by atomic mass is 19.1. The number of nitrogens with zero attached hydrogens (tertiary/aromatic N) is 5. The van der Waals surface area contributed by atoms with E-state index in [1.807, 2.05) is 24.1 Å². The normalized spacial score (nSPS) is 19.5. The summed E-state index contributed by atoms with van der Waals surface area (Å²) in [7, 11) is 0. The maximum Gasteiger partial charge on any atom is 0.191 e. The third kappa shape index (κ3) is 5.41. The molecule has 1 atom stereocenters. The van der Waals surface area contributed by atoms with E-state index < -0.39 is 0 Å². The molecule has 2 aromatic heterocycles. The van der Waals surface area contributed by atoms with Crippen molar-refractivity contribution in [1.29, 1.82) is 0 Å². The van der Waals surface area contributed by atoms with Crippen molar-refractivity contribution in [2.75, 3.05) is 55.7 Å². The number of anilines is 2. The van der Waals surface area contributed by atoms with Crippen molar-refractivity contribution in [3.8, 4) is 0 Å². The second kappa shape index (κ2) is 10.4. The van der Waals surface area contributed by atoms with Crippen LogP contribution >= 0.6 is 0 Å². The summed E-state index contributed by atoms with van der Waals surface area (Å²) in [4.78, 5) is 17.8. The van der Waals surface area contributed by atoms with Crippen LogP contribution in [0.3, 0.4) is 0 Å². The van der Waals surface area contributed by atoms with Crippen molar-refractivity contribution in [3.05, 3.63) is 48.0 Å². The van der Waals surface area contributed by atoms with Gasteiger partial charge in [-0.2, -0.15) is 0 Å². The van der Waals surface area contributed by atoms with Crippen LogP contribution in [0.4, 0.5) is 16.0 Å². The highest BCUT2D eigenvalue weighted by Crippen LogP contribution is 2.21. The molecule has 0 aliphatic carbocycles. The van der Waals surface area contributed by atoms with E-state index in [4.69, 9.17) is 9.73 Å². The molecule has 0 saturated carbocycles. The van der Waals surface area contributed by atoms with Crippen LogP contribution in [-0.4, -0.2) is 67.9 Å². The number of hydrogen-bond acceptors (Lipinski definition) is 6. The van der Waals surface area contributed by atoms with Crippen LogP contribution in [0.15, 0.2) is 41.7 Å². The fourth-order valence-electron chi connectivity index (χ4n) is 3.97. The lowest BCUT2D eigenvalue weighted by Crippen LogP contribution is -2.44. The molecule has 9 heteroatoms. The summed E-state index contributed by atoms with van der Waals surface area (Å²) in [5.41, 5.74) is 1.09. The van der Waals surface area contributed by atoms with Gasteiger partial charge in [-0.1, -0.05) is 6.07 Å². The quantitative estimate of drug-likeness (QED) is 0.538. The van der Waals surface area contributed by atoms with Crippen LogP contribution in [0, 0.1) is 5.82 Å². The highest BCUT2D eigenvalue weighted by molar-refractivity contribution is 5.80. The van der Waals surface area contributed by atoms with Crippen LogP contribution in [0.5, 0.6) is 0 Å². The van der Waals surface area contributed by atoms with Crippen molar-refractivity contribution in [2.24, 2.45) is 4.99 Å². The fourth-order valence-corrected chi connectivity index (χ4v) is 3.97. The zero-order chi connectivity index (χ0) is 21.5. The number of pyridine rings is 2. The lowest BCUT2D eigenvalue weighted by molar-refractivity contribution is 0.122. The molecule has 0 bridgehead atoms. The first kappa shape index (κ1) is 21.3. The van der Waals surface area contributed by atoms with E-state index >= 15 is 0 Å². The third-order valence-electron chi connectivity index (χ3n) is 5.50. The molecule has 4 rings (SSSR count). The molecule has 31 heavy (non-hydrogen) atoms. The van der Waals surface area contributed by atoms with Crippen LogP contribution in [0.1, 0.15) is 18.9 Å². The summed E-state index contributed by atoms with van der Waals surface area (Å²) in [5, 5.41) is 6.82. The predicted octanol–water partition coefficient (Wildman–Crippen LogP) is 1.79. The van der Waals surface area contributed by atoms with Gasteiger partial charge in [-0.25, -0.2) is 19.4 Å². The molecule has 2 aromatic rings. The number of halogens is 1. The van der Waals surface area contributed by atoms with Gasteiger partial charge in [-0.15, -0.1) is 0 Å². The van der Waals surface area contributed by atoms with E-state index in [1.54, 1.807) is 12.3 Å². The minimum atomic E-state index is -0.282. The van der Waals surface area contributed by atoms with Gasteiger partial charge in [0.05, 0.1) is 19.8 Å². The zero-order valence-corrected chi connectivity index (χ0v) is 17.9. The number of aliphatic imine (C=N–C) groups is 1. The van der Waals surface area contributed by atoms with E-state index in [1.165, 1.54) is 6.07 Å². The van der Waals surface area contributed by atoms with Gasteiger partial charge < -0.3 is 25.2 Å². The van der Waals surface area contributed by atoms with E-state index in [-0.39, 0.29) is 11.9 Å². The van der Waals surface area contributed by atoms with Crippen molar-refractivity contribution in [2.45, 2.75) is 25.9 Å². The SMILES string of the molecule is CCNC(=NCc1cccnc1N1CCOCC1)NC1CCN(c2ncccc2F)C1. The van der Waals surface area contributed by atoms with Crippen molar-refractivity contribution >= 4 is 17.6 Å². The number of nitrogens with one attached hydrogen (secondary N) is 2. The maximum atomic E-state index is 14.1. The van der Waals surface area contributed by atoms with Gasteiger partial charge >= 0.3 is 0 Å². The molecular formula is C22H30FN7O.